The Hall–Kier alpha value is -3.99. The van der Waals surface area contributed by atoms with E-state index in [2.05, 4.69) is 20.0 Å². The largest absolute Gasteiger partial charge is 0.434 e. The lowest BCUT2D eigenvalue weighted by Crippen LogP contribution is -2.30. The van der Waals surface area contributed by atoms with Gasteiger partial charge in [0.2, 0.25) is 5.95 Å². The maximum absolute atomic E-state index is 14.7. The van der Waals surface area contributed by atoms with Crippen LogP contribution in [0.3, 0.4) is 0 Å². The number of carbonyl (C=O) groups excluding carboxylic acids is 1. The maximum atomic E-state index is 14.7. The Morgan fingerprint density at radius 1 is 1.15 bits per heavy atom. The van der Waals surface area contributed by atoms with Crippen molar-refractivity contribution in [1.29, 1.82) is 0 Å². The summed E-state index contributed by atoms with van der Waals surface area (Å²) in [6, 6.07) is 7.76. The van der Waals surface area contributed by atoms with E-state index < -0.39 is 36.8 Å². The first kappa shape index (κ1) is 23.7. The van der Waals surface area contributed by atoms with E-state index in [4.69, 9.17) is 5.73 Å². The SMILES string of the molecule is Nc1ncc(/C(F)=C/c2cc(C(=O)N[C@H](CO)c3cccc(F)c3)ccc2OC(F)F)cn1. The average Bonchev–Trinajstić information content (AvgIpc) is 2.78. The van der Waals surface area contributed by atoms with Gasteiger partial charge in [-0.25, -0.2) is 18.7 Å². The van der Waals surface area contributed by atoms with Crippen LogP contribution >= 0.6 is 0 Å². The molecule has 0 aliphatic heterocycles. The number of nitrogens with two attached hydrogens (primary N) is 1. The Kier molecular flexibility index (Phi) is 7.57. The van der Waals surface area contributed by atoms with Crippen molar-refractivity contribution in [2.45, 2.75) is 12.7 Å². The number of aliphatic hydroxyl groups excluding tert-OH is 1. The summed E-state index contributed by atoms with van der Waals surface area (Å²) in [4.78, 5) is 20.0. The number of aliphatic hydroxyl groups is 1. The maximum Gasteiger partial charge on any atom is 0.387 e. The number of anilines is 1. The van der Waals surface area contributed by atoms with E-state index >= 15 is 0 Å². The van der Waals surface area contributed by atoms with Gasteiger partial charge in [0.1, 0.15) is 17.4 Å². The van der Waals surface area contributed by atoms with Crippen LogP contribution in [0.4, 0.5) is 23.5 Å². The molecule has 0 aliphatic rings. The first-order chi connectivity index (χ1) is 15.8. The third-order valence-electron chi connectivity index (χ3n) is 4.46. The van der Waals surface area contributed by atoms with Crippen LogP contribution in [0, 0.1) is 5.82 Å². The monoisotopic (exact) mass is 462 g/mol. The van der Waals surface area contributed by atoms with Gasteiger partial charge in [0.25, 0.3) is 5.91 Å². The molecule has 172 valence electrons. The minimum Gasteiger partial charge on any atom is -0.434 e. The number of halogens is 4. The summed E-state index contributed by atoms with van der Waals surface area (Å²) in [5.41, 5.74) is 5.40. The molecule has 0 fully saturated rings. The van der Waals surface area contributed by atoms with E-state index in [-0.39, 0.29) is 28.4 Å². The Balaban J connectivity index is 1.91. The topological polar surface area (TPSA) is 110 Å². The number of aromatic nitrogens is 2. The molecule has 0 aliphatic carbocycles. The fraction of sp³-hybridized carbons (Fsp3) is 0.136. The van der Waals surface area contributed by atoms with Gasteiger partial charge >= 0.3 is 6.61 Å². The summed E-state index contributed by atoms with van der Waals surface area (Å²) in [6.07, 6.45) is 3.08. The molecule has 1 amide bonds. The minimum absolute atomic E-state index is 0.0425. The van der Waals surface area contributed by atoms with E-state index in [0.717, 1.165) is 36.7 Å². The van der Waals surface area contributed by atoms with Crippen molar-refractivity contribution in [2.24, 2.45) is 0 Å². The Labute approximate surface area is 185 Å². The number of hydrogen-bond donors (Lipinski definition) is 3. The van der Waals surface area contributed by atoms with Crippen LogP contribution in [0.15, 0.2) is 54.9 Å². The number of hydrogen-bond acceptors (Lipinski definition) is 6. The fourth-order valence-electron chi connectivity index (χ4n) is 2.89. The molecule has 0 unspecified atom stereocenters. The number of carbonyl (C=O) groups is 1. The molecule has 1 atom stereocenters. The van der Waals surface area contributed by atoms with Crippen LogP contribution in [0.5, 0.6) is 5.75 Å². The van der Waals surface area contributed by atoms with Gasteiger partial charge < -0.3 is 20.9 Å². The zero-order valence-electron chi connectivity index (χ0n) is 16.9. The molecule has 3 aromatic rings. The Morgan fingerprint density at radius 3 is 2.52 bits per heavy atom. The molecule has 2 aromatic carbocycles. The summed E-state index contributed by atoms with van der Waals surface area (Å²) >= 11 is 0. The van der Waals surface area contributed by atoms with Gasteiger partial charge in [0.15, 0.2) is 0 Å². The lowest BCUT2D eigenvalue weighted by molar-refractivity contribution is -0.0499. The standard InChI is InChI=1S/C22H18F4N4O3/c23-16-3-1-2-12(7-16)18(11-31)30-20(32)13-4-5-19(33-21(25)26)14(6-13)8-17(24)15-9-28-22(27)29-10-15/h1-10,18,21,31H,11H2,(H,30,32)(H2,27,28,29)/b17-8-/t18-/m1/s1. The second kappa shape index (κ2) is 10.6. The normalized spacial score (nSPS) is 12.5. The fourth-order valence-corrected chi connectivity index (χ4v) is 2.89. The number of alkyl halides is 2. The van der Waals surface area contributed by atoms with Crippen LogP contribution in [0.2, 0.25) is 0 Å². The van der Waals surface area contributed by atoms with E-state index in [9.17, 15) is 27.5 Å². The van der Waals surface area contributed by atoms with Crippen molar-refractivity contribution >= 4 is 23.8 Å². The van der Waals surface area contributed by atoms with E-state index in [0.29, 0.717) is 5.56 Å². The number of rotatable bonds is 8. The number of nitrogens with zero attached hydrogens (tertiary/aromatic N) is 2. The van der Waals surface area contributed by atoms with Crippen molar-refractivity contribution in [3.05, 3.63) is 82.9 Å². The van der Waals surface area contributed by atoms with Crippen molar-refractivity contribution in [3.8, 4) is 5.75 Å². The molecule has 33 heavy (non-hydrogen) atoms. The number of ether oxygens (including phenoxy) is 1. The van der Waals surface area contributed by atoms with E-state index in [1.165, 1.54) is 24.3 Å². The summed E-state index contributed by atoms with van der Waals surface area (Å²) in [7, 11) is 0. The quantitative estimate of drug-likeness (QED) is 0.440. The third-order valence-corrected chi connectivity index (χ3v) is 4.46. The molecular weight excluding hydrogens is 444 g/mol. The summed E-state index contributed by atoms with van der Waals surface area (Å²) < 4.78 is 58.1. The van der Waals surface area contributed by atoms with Gasteiger partial charge in [-0.1, -0.05) is 12.1 Å². The molecule has 7 nitrogen and oxygen atoms in total. The number of nitrogen functional groups attached to an aromatic ring is 1. The van der Waals surface area contributed by atoms with Crippen molar-refractivity contribution in [2.75, 3.05) is 12.3 Å². The molecule has 1 aromatic heterocycles. The predicted molar refractivity (Wildman–Crippen MR) is 112 cm³/mol. The smallest absolute Gasteiger partial charge is 0.387 e. The predicted octanol–water partition coefficient (Wildman–Crippen LogP) is 3.73. The average molecular weight is 462 g/mol. The van der Waals surface area contributed by atoms with Crippen LogP contribution < -0.4 is 15.8 Å². The lowest BCUT2D eigenvalue weighted by atomic mass is 10.0. The highest BCUT2D eigenvalue weighted by atomic mass is 19.3. The number of benzene rings is 2. The number of nitrogens with one attached hydrogen (secondary N) is 1. The van der Waals surface area contributed by atoms with E-state index in [1.807, 2.05) is 0 Å². The van der Waals surface area contributed by atoms with E-state index in [1.54, 1.807) is 0 Å². The molecule has 3 rings (SSSR count). The Morgan fingerprint density at radius 2 is 1.88 bits per heavy atom. The Bertz CT molecular complexity index is 1160. The second-order valence-electron chi connectivity index (χ2n) is 6.72. The highest BCUT2D eigenvalue weighted by molar-refractivity contribution is 5.96. The van der Waals surface area contributed by atoms with Crippen molar-refractivity contribution in [3.63, 3.8) is 0 Å². The van der Waals surface area contributed by atoms with Crippen LogP contribution in [-0.4, -0.2) is 34.2 Å². The first-order valence-electron chi connectivity index (χ1n) is 9.48. The molecule has 0 spiro atoms. The molecular formula is C22H18F4N4O3. The van der Waals surface area contributed by atoms with Crippen molar-refractivity contribution in [1.82, 2.24) is 15.3 Å². The highest BCUT2D eigenvalue weighted by Crippen LogP contribution is 2.28. The molecule has 4 N–H and O–H groups in total. The van der Waals surface area contributed by atoms with Gasteiger partial charge in [0, 0.05) is 29.1 Å². The molecule has 11 heteroatoms. The van der Waals surface area contributed by atoms with Crippen molar-refractivity contribution < 1.29 is 32.2 Å². The molecule has 0 radical (unpaired) electrons. The van der Waals surface area contributed by atoms with Crippen LogP contribution in [-0.2, 0) is 0 Å². The second-order valence-corrected chi connectivity index (χ2v) is 6.72. The summed E-state index contributed by atoms with van der Waals surface area (Å²) in [5.74, 6) is -2.61. The zero-order valence-corrected chi connectivity index (χ0v) is 16.9. The van der Waals surface area contributed by atoms with Gasteiger partial charge in [-0.15, -0.1) is 0 Å². The van der Waals surface area contributed by atoms with Gasteiger partial charge in [-0.05, 0) is 42.0 Å². The van der Waals surface area contributed by atoms with Gasteiger partial charge in [-0.3, -0.25) is 4.79 Å². The highest BCUT2D eigenvalue weighted by Gasteiger charge is 2.18. The third kappa shape index (κ3) is 6.26. The first-order valence-corrected chi connectivity index (χ1v) is 9.48. The van der Waals surface area contributed by atoms with Crippen LogP contribution in [0.1, 0.15) is 33.1 Å². The number of amides is 1. The molecule has 0 saturated carbocycles. The van der Waals surface area contributed by atoms with Gasteiger partial charge in [-0.2, -0.15) is 8.78 Å². The van der Waals surface area contributed by atoms with Gasteiger partial charge in [0.05, 0.1) is 12.6 Å². The lowest BCUT2D eigenvalue weighted by Gasteiger charge is -2.17. The zero-order chi connectivity index (χ0) is 24.0. The molecule has 1 heterocycles. The molecule has 0 saturated heterocycles. The summed E-state index contributed by atoms with van der Waals surface area (Å²) in [5, 5.41) is 12.1. The minimum atomic E-state index is -3.19. The van der Waals surface area contributed by atoms with Crippen LogP contribution in [0.25, 0.3) is 11.9 Å². The molecule has 0 bridgehead atoms. The summed E-state index contributed by atoms with van der Waals surface area (Å²) in [6.45, 7) is -3.72.